The molecule has 3 heterocycles. The first-order chi connectivity index (χ1) is 12.6. The fraction of sp³-hybridized carbons (Fsp3) is 0.474. The van der Waals surface area contributed by atoms with Gasteiger partial charge in [0.2, 0.25) is 0 Å². The Kier molecular flexibility index (Phi) is 5.13. The van der Waals surface area contributed by atoms with Gasteiger partial charge >= 0.3 is 0 Å². The van der Waals surface area contributed by atoms with E-state index >= 15 is 0 Å². The standard InChI is InChI=1S/C19H24N4O2S/c1-12-10-23(11-13(2)25-12)19-21-18(24)16(26-19)8-15-9-20-22-17(15)14-6-4-3-5-7-14/h3-8,12-13,15,17,20,22H,9-11H2,1-2H3/b16-8-. The Balaban J connectivity index is 1.48. The molecule has 0 aromatic heterocycles. The van der Waals surface area contributed by atoms with Gasteiger partial charge in [0.25, 0.3) is 5.91 Å². The SMILES string of the molecule is CC1CN(C2=NC(=O)/C(=C/C3CNNC3c3ccccc3)S2)CC(C)O1. The topological polar surface area (TPSA) is 66.0 Å². The number of hydrogen-bond acceptors (Lipinski definition) is 6. The van der Waals surface area contributed by atoms with Gasteiger partial charge < -0.3 is 9.64 Å². The van der Waals surface area contributed by atoms with Crippen molar-refractivity contribution in [1.82, 2.24) is 15.8 Å². The minimum atomic E-state index is -0.129. The van der Waals surface area contributed by atoms with E-state index in [1.807, 2.05) is 18.2 Å². The summed E-state index contributed by atoms with van der Waals surface area (Å²) in [5.41, 5.74) is 7.75. The van der Waals surface area contributed by atoms with Gasteiger partial charge in [-0.1, -0.05) is 36.4 Å². The van der Waals surface area contributed by atoms with Crippen LogP contribution in [0.5, 0.6) is 0 Å². The average Bonchev–Trinajstić information content (AvgIpc) is 3.22. The van der Waals surface area contributed by atoms with Gasteiger partial charge in [-0.05, 0) is 31.2 Å². The van der Waals surface area contributed by atoms with Crippen LogP contribution in [0.2, 0.25) is 0 Å². The number of rotatable bonds is 2. The average molecular weight is 372 g/mol. The van der Waals surface area contributed by atoms with Gasteiger partial charge in [0, 0.05) is 25.6 Å². The largest absolute Gasteiger partial charge is 0.372 e. The smallest absolute Gasteiger partial charge is 0.285 e. The van der Waals surface area contributed by atoms with Crippen LogP contribution in [0.4, 0.5) is 0 Å². The number of amides is 1. The lowest BCUT2D eigenvalue weighted by molar-refractivity contribution is -0.113. The van der Waals surface area contributed by atoms with Crippen LogP contribution >= 0.6 is 11.8 Å². The summed E-state index contributed by atoms with van der Waals surface area (Å²) in [7, 11) is 0. The summed E-state index contributed by atoms with van der Waals surface area (Å²) in [6, 6.07) is 10.5. The van der Waals surface area contributed by atoms with E-state index in [0.717, 1.165) is 29.7 Å². The lowest BCUT2D eigenvalue weighted by atomic mass is 9.94. The molecule has 0 spiro atoms. The second kappa shape index (κ2) is 7.52. The van der Waals surface area contributed by atoms with Crippen molar-refractivity contribution >= 4 is 22.8 Å². The number of nitrogens with one attached hydrogen (secondary N) is 2. The second-order valence-electron chi connectivity index (χ2n) is 7.07. The van der Waals surface area contributed by atoms with Crippen molar-refractivity contribution in [3.8, 4) is 0 Å². The molecule has 1 aromatic carbocycles. The Labute approximate surface area is 158 Å². The van der Waals surface area contributed by atoms with E-state index < -0.39 is 0 Å². The second-order valence-corrected chi connectivity index (χ2v) is 8.08. The Bertz CT molecular complexity index is 726. The van der Waals surface area contributed by atoms with E-state index in [1.165, 1.54) is 17.3 Å². The summed E-state index contributed by atoms with van der Waals surface area (Å²) in [6.45, 7) is 6.45. The summed E-state index contributed by atoms with van der Waals surface area (Å²) < 4.78 is 5.78. The maximum atomic E-state index is 12.4. The molecule has 2 N–H and O–H groups in total. The minimum Gasteiger partial charge on any atom is -0.372 e. The highest BCUT2D eigenvalue weighted by Crippen LogP contribution is 2.34. The third-order valence-corrected chi connectivity index (χ3v) is 5.91. The number of nitrogens with zero attached hydrogens (tertiary/aromatic N) is 2. The highest BCUT2D eigenvalue weighted by molar-refractivity contribution is 8.18. The third-order valence-electron chi connectivity index (χ3n) is 4.85. The van der Waals surface area contributed by atoms with Crippen molar-refractivity contribution in [3.63, 3.8) is 0 Å². The molecule has 0 bridgehead atoms. The first kappa shape index (κ1) is 17.7. The summed E-state index contributed by atoms with van der Waals surface area (Å²) in [6.07, 6.45) is 2.37. The van der Waals surface area contributed by atoms with Crippen molar-refractivity contribution in [2.75, 3.05) is 19.6 Å². The summed E-state index contributed by atoms with van der Waals surface area (Å²) in [5.74, 6) is 0.0800. The molecule has 6 nitrogen and oxygen atoms in total. The maximum Gasteiger partial charge on any atom is 0.285 e. The van der Waals surface area contributed by atoms with Gasteiger partial charge in [0.05, 0.1) is 23.2 Å². The molecular weight excluding hydrogens is 348 g/mol. The van der Waals surface area contributed by atoms with E-state index in [2.05, 4.69) is 52.8 Å². The highest BCUT2D eigenvalue weighted by Gasteiger charge is 2.33. The van der Waals surface area contributed by atoms with E-state index in [-0.39, 0.29) is 30.1 Å². The fourth-order valence-electron chi connectivity index (χ4n) is 3.73. The fourth-order valence-corrected chi connectivity index (χ4v) is 4.71. The molecule has 4 unspecified atom stereocenters. The zero-order valence-corrected chi connectivity index (χ0v) is 15.8. The molecule has 1 aromatic rings. The molecule has 0 radical (unpaired) electrons. The van der Waals surface area contributed by atoms with E-state index in [1.54, 1.807) is 0 Å². The predicted molar refractivity (Wildman–Crippen MR) is 104 cm³/mol. The molecule has 2 saturated heterocycles. The molecule has 1 amide bonds. The van der Waals surface area contributed by atoms with Crippen LogP contribution in [-0.2, 0) is 9.53 Å². The Hall–Kier alpha value is -1.67. The number of morpholine rings is 1. The van der Waals surface area contributed by atoms with Gasteiger partial charge in [-0.3, -0.25) is 10.2 Å². The number of benzene rings is 1. The first-order valence-electron chi connectivity index (χ1n) is 9.06. The Morgan fingerprint density at radius 2 is 1.96 bits per heavy atom. The maximum absolute atomic E-state index is 12.4. The molecule has 0 aliphatic carbocycles. The van der Waals surface area contributed by atoms with E-state index in [0.29, 0.717) is 0 Å². The summed E-state index contributed by atoms with van der Waals surface area (Å²) >= 11 is 1.49. The number of carbonyl (C=O) groups is 1. The summed E-state index contributed by atoms with van der Waals surface area (Å²) in [5, 5.41) is 0.804. The van der Waals surface area contributed by atoms with Crippen molar-refractivity contribution in [3.05, 3.63) is 46.9 Å². The number of carbonyl (C=O) groups excluding carboxylic acids is 1. The number of hydrazine groups is 1. The zero-order chi connectivity index (χ0) is 18.1. The van der Waals surface area contributed by atoms with Crippen LogP contribution in [0.1, 0.15) is 25.5 Å². The molecule has 7 heteroatoms. The Morgan fingerprint density at radius 1 is 1.23 bits per heavy atom. The summed E-state index contributed by atoms with van der Waals surface area (Å²) in [4.78, 5) is 19.6. The molecule has 138 valence electrons. The monoisotopic (exact) mass is 372 g/mol. The van der Waals surface area contributed by atoms with Gasteiger partial charge in [-0.25, -0.2) is 5.43 Å². The van der Waals surface area contributed by atoms with Crippen molar-refractivity contribution in [2.24, 2.45) is 10.9 Å². The van der Waals surface area contributed by atoms with Crippen molar-refractivity contribution in [2.45, 2.75) is 32.1 Å². The van der Waals surface area contributed by atoms with E-state index in [4.69, 9.17) is 4.74 Å². The van der Waals surface area contributed by atoms with Crippen LogP contribution in [0.25, 0.3) is 0 Å². The first-order valence-corrected chi connectivity index (χ1v) is 9.88. The predicted octanol–water partition coefficient (Wildman–Crippen LogP) is 2.07. The molecule has 26 heavy (non-hydrogen) atoms. The lowest BCUT2D eigenvalue weighted by Gasteiger charge is -2.35. The molecule has 3 aliphatic rings. The normalized spacial score (nSPS) is 33.8. The lowest BCUT2D eigenvalue weighted by Crippen LogP contribution is -2.47. The van der Waals surface area contributed by atoms with Crippen molar-refractivity contribution in [1.29, 1.82) is 0 Å². The molecule has 2 fully saturated rings. The quantitative estimate of drug-likeness (QED) is 0.775. The number of aliphatic imine (C=N–C) groups is 1. The zero-order valence-electron chi connectivity index (χ0n) is 15.0. The minimum absolute atomic E-state index is 0.129. The molecule has 4 atom stereocenters. The molecule has 3 aliphatic heterocycles. The Morgan fingerprint density at radius 3 is 2.69 bits per heavy atom. The third kappa shape index (κ3) is 3.71. The van der Waals surface area contributed by atoms with Gasteiger partial charge in [0.15, 0.2) is 5.17 Å². The number of amidine groups is 1. The van der Waals surface area contributed by atoms with Crippen LogP contribution in [0.3, 0.4) is 0 Å². The van der Waals surface area contributed by atoms with Crippen LogP contribution in [0.15, 0.2) is 46.3 Å². The number of hydrogen-bond donors (Lipinski definition) is 2. The number of thioether (sulfide) groups is 1. The van der Waals surface area contributed by atoms with Crippen LogP contribution in [-0.4, -0.2) is 47.8 Å². The molecule has 4 rings (SSSR count). The van der Waals surface area contributed by atoms with Gasteiger partial charge in [0.1, 0.15) is 0 Å². The molecule has 0 saturated carbocycles. The number of ether oxygens (including phenoxy) is 1. The van der Waals surface area contributed by atoms with E-state index in [9.17, 15) is 4.79 Å². The van der Waals surface area contributed by atoms with Gasteiger partial charge in [-0.2, -0.15) is 4.99 Å². The highest BCUT2D eigenvalue weighted by atomic mass is 32.2. The van der Waals surface area contributed by atoms with Crippen LogP contribution in [0, 0.1) is 5.92 Å². The van der Waals surface area contributed by atoms with Gasteiger partial charge in [-0.15, -0.1) is 0 Å². The van der Waals surface area contributed by atoms with Crippen molar-refractivity contribution < 1.29 is 9.53 Å². The van der Waals surface area contributed by atoms with Crippen LogP contribution < -0.4 is 10.9 Å². The molecular formula is C19H24N4O2S.